The molecule has 0 spiro atoms. The van der Waals surface area contributed by atoms with Crippen molar-refractivity contribution in [1.82, 2.24) is 4.90 Å². The number of likely N-dealkylation sites (tertiary alicyclic amines) is 1. The van der Waals surface area contributed by atoms with Gasteiger partial charge in [-0.1, -0.05) is 6.42 Å². The van der Waals surface area contributed by atoms with E-state index in [4.69, 9.17) is 4.74 Å². The van der Waals surface area contributed by atoms with Gasteiger partial charge in [-0.25, -0.2) is 4.39 Å². The molecule has 1 heterocycles. The molecule has 1 aliphatic heterocycles. The fourth-order valence-electron chi connectivity index (χ4n) is 2.52. The Kier molecular flexibility index (Phi) is 6.15. The topological polar surface area (TPSA) is 12.5 Å². The monoisotopic (exact) mass is 265 g/mol. The lowest BCUT2D eigenvalue weighted by atomic mass is 10.1. The molecule has 2 rings (SSSR count). The third kappa shape index (κ3) is 5.60. The number of unbranched alkanes of at least 4 members (excludes halogenated alkanes) is 2. The van der Waals surface area contributed by atoms with Gasteiger partial charge in [0.1, 0.15) is 11.6 Å². The SMILES string of the molecule is Fc1ccc(OCCCCCN2CCCCC2)cc1. The van der Waals surface area contributed by atoms with E-state index in [9.17, 15) is 4.39 Å². The summed E-state index contributed by atoms with van der Waals surface area (Å²) in [6.45, 7) is 4.53. The van der Waals surface area contributed by atoms with Gasteiger partial charge in [0.15, 0.2) is 0 Å². The molecule has 1 aliphatic rings. The summed E-state index contributed by atoms with van der Waals surface area (Å²) in [5.41, 5.74) is 0. The highest BCUT2D eigenvalue weighted by atomic mass is 19.1. The van der Waals surface area contributed by atoms with E-state index >= 15 is 0 Å². The zero-order valence-corrected chi connectivity index (χ0v) is 11.6. The van der Waals surface area contributed by atoms with Crippen LogP contribution in [0.1, 0.15) is 38.5 Å². The molecule has 1 saturated heterocycles. The van der Waals surface area contributed by atoms with Crippen LogP contribution >= 0.6 is 0 Å². The van der Waals surface area contributed by atoms with Crippen LogP contribution in [0.5, 0.6) is 5.75 Å². The second-order valence-electron chi connectivity index (χ2n) is 5.27. The quantitative estimate of drug-likeness (QED) is 0.694. The molecular formula is C16H24FNO. The first kappa shape index (κ1) is 14.3. The average Bonchev–Trinajstić information content (AvgIpc) is 2.46. The molecule has 2 nitrogen and oxygen atoms in total. The minimum atomic E-state index is -0.214. The zero-order valence-electron chi connectivity index (χ0n) is 11.6. The van der Waals surface area contributed by atoms with Gasteiger partial charge in [-0.2, -0.15) is 0 Å². The Morgan fingerprint density at radius 2 is 1.68 bits per heavy atom. The van der Waals surface area contributed by atoms with Crippen LogP contribution in [0.3, 0.4) is 0 Å². The molecule has 1 aromatic rings. The molecule has 1 fully saturated rings. The summed E-state index contributed by atoms with van der Waals surface area (Å²) in [5.74, 6) is 0.548. The predicted octanol–water partition coefficient (Wildman–Crippen LogP) is 3.86. The summed E-state index contributed by atoms with van der Waals surface area (Å²) in [4.78, 5) is 2.57. The molecule has 0 unspecified atom stereocenters. The second-order valence-corrected chi connectivity index (χ2v) is 5.27. The molecule has 0 amide bonds. The van der Waals surface area contributed by atoms with Gasteiger partial charge in [0.05, 0.1) is 6.61 Å². The van der Waals surface area contributed by atoms with E-state index in [0.29, 0.717) is 0 Å². The summed E-state index contributed by atoms with van der Waals surface area (Å²) in [7, 11) is 0. The van der Waals surface area contributed by atoms with Gasteiger partial charge in [0, 0.05) is 0 Å². The number of ether oxygens (including phenoxy) is 1. The summed E-state index contributed by atoms with van der Waals surface area (Å²) >= 11 is 0. The Morgan fingerprint density at radius 3 is 2.42 bits per heavy atom. The van der Waals surface area contributed by atoms with Gasteiger partial charge in [-0.05, 0) is 76.0 Å². The van der Waals surface area contributed by atoms with Gasteiger partial charge in [-0.3, -0.25) is 0 Å². The van der Waals surface area contributed by atoms with E-state index in [1.807, 2.05) is 0 Å². The summed E-state index contributed by atoms with van der Waals surface area (Å²) in [6, 6.07) is 6.24. The van der Waals surface area contributed by atoms with Crippen LogP contribution in [-0.2, 0) is 0 Å². The smallest absolute Gasteiger partial charge is 0.123 e. The van der Waals surface area contributed by atoms with Gasteiger partial charge in [0.25, 0.3) is 0 Å². The van der Waals surface area contributed by atoms with Crippen LogP contribution in [0.25, 0.3) is 0 Å². The first-order valence-corrected chi connectivity index (χ1v) is 7.45. The van der Waals surface area contributed by atoms with Gasteiger partial charge in [-0.15, -0.1) is 0 Å². The van der Waals surface area contributed by atoms with Gasteiger partial charge >= 0.3 is 0 Å². The minimum absolute atomic E-state index is 0.214. The number of hydrogen-bond donors (Lipinski definition) is 0. The van der Waals surface area contributed by atoms with Crippen LogP contribution < -0.4 is 4.74 Å². The Balaban J connectivity index is 1.49. The molecule has 19 heavy (non-hydrogen) atoms. The molecule has 0 atom stereocenters. The van der Waals surface area contributed by atoms with Crippen LogP contribution in [-0.4, -0.2) is 31.1 Å². The molecule has 0 bridgehead atoms. The Hall–Kier alpha value is -1.09. The lowest BCUT2D eigenvalue weighted by Gasteiger charge is -2.26. The molecule has 0 saturated carbocycles. The maximum absolute atomic E-state index is 12.7. The van der Waals surface area contributed by atoms with Crippen molar-refractivity contribution in [2.75, 3.05) is 26.2 Å². The van der Waals surface area contributed by atoms with Crippen LogP contribution in [0.2, 0.25) is 0 Å². The van der Waals surface area contributed by atoms with Crippen molar-refractivity contribution in [3.63, 3.8) is 0 Å². The first-order chi connectivity index (χ1) is 9.34. The molecule has 106 valence electrons. The molecule has 1 aromatic carbocycles. The van der Waals surface area contributed by atoms with E-state index < -0.39 is 0 Å². The summed E-state index contributed by atoms with van der Waals surface area (Å²) in [6.07, 6.45) is 7.68. The van der Waals surface area contributed by atoms with E-state index in [2.05, 4.69) is 4.90 Å². The number of hydrogen-bond acceptors (Lipinski definition) is 2. The lowest BCUT2D eigenvalue weighted by molar-refractivity contribution is 0.221. The van der Waals surface area contributed by atoms with Crippen LogP contribution in [0, 0.1) is 5.82 Å². The third-order valence-electron chi connectivity index (χ3n) is 3.65. The van der Waals surface area contributed by atoms with Crippen molar-refractivity contribution < 1.29 is 9.13 Å². The van der Waals surface area contributed by atoms with Crippen LogP contribution in [0.4, 0.5) is 4.39 Å². The number of rotatable bonds is 7. The van der Waals surface area contributed by atoms with Crippen molar-refractivity contribution in [3.05, 3.63) is 30.1 Å². The zero-order chi connectivity index (χ0) is 13.3. The normalized spacial score (nSPS) is 16.5. The number of piperidine rings is 1. The second kappa shape index (κ2) is 8.16. The maximum atomic E-state index is 12.7. The maximum Gasteiger partial charge on any atom is 0.123 e. The Bertz CT molecular complexity index is 346. The largest absolute Gasteiger partial charge is 0.494 e. The summed E-state index contributed by atoms with van der Waals surface area (Å²) in [5, 5.41) is 0. The number of nitrogens with zero attached hydrogens (tertiary/aromatic N) is 1. The highest BCUT2D eigenvalue weighted by Gasteiger charge is 2.08. The fraction of sp³-hybridized carbons (Fsp3) is 0.625. The van der Waals surface area contributed by atoms with Gasteiger partial charge in [0.2, 0.25) is 0 Å². The molecule has 0 aliphatic carbocycles. The third-order valence-corrected chi connectivity index (χ3v) is 3.65. The Labute approximate surface area is 115 Å². The minimum Gasteiger partial charge on any atom is -0.494 e. The Morgan fingerprint density at radius 1 is 0.947 bits per heavy atom. The molecule has 0 aromatic heterocycles. The van der Waals surface area contributed by atoms with E-state index in [0.717, 1.165) is 18.8 Å². The number of halogens is 1. The van der Waals surface area contributed by atoms with Crippen molar-refractivity contribution in [2.45, 2.75) is 38.5 Å². The van der Waals surface area contributed by atoms with E-state index in [-0.39, 0.29) is 5.82 Å². The van der Waals surface area contributed by atoms with Crippen molar-refractivity contribution in [2.24, 2.45) is 0 Å². The standard InChI is InChI=1S/C16H24FNO/c17-15-7-9-16(10-8-15)19-14-6-2-5-13-18-11-3-1-4-12-18/h7-10H,1-6,11-14H2. The van der Waals surface area contributed by atoms with Gasteiger partial charge < -0.3 is 9.64 Å². The fourth-order valence-corrected chi connectivity index (χ4v) is 2.52. The first-order valence-electron chi connectivity index (χ1n) is 7.45. The van der Waals surface area contributed by atoms with Crippen LogP contribution in [0.15, 0.2) is 24.3 Å². The predicted molar refractivity (Wildman–Crippen MR) is 76.0 cm³/mol. The summed E-state index contributed by atoms with van der Waals surface area (Å²) < 4.78 is 18.3. The molecule has 0 N–H and O–H groups in total. The lowest BCUT2D eigenvalue weighted by Crippen LogP contribution is -2.30. The highest BCUT2D eigenvalue weighted by molar-refractivity contribution is 5.21. The van der Waals surface area contributed by atoms with E-state index in [1.54, 1.807) is 12.1 Å². The van der Waals surface area contributed by atoms with E-state index in [1.165, 1.54) is 63.9 Å². The highest BCUT2D eigenvalue weighted by Crippen LogP contribution is 2.12. The van der Waals surface area contributed by atoms with Crippen molar-refractivity contribution in [1.29, 1.82) is 0 Å². The van der Waals surface area contributed by atoms with Crippen molar-refractivity contribution in [3.8, 4) is 5.75 Å². The van der Waals surface area contributed by atoms with Crippen molar-refractivity contribution >= 4 is 0 Å². The molecular weight excluding hydrogens is 241 g/mol. The number of benzene rings is 1. The molecule has 3 heteroatoms. The molecule has 0 radical (unpaired) electrons. The average molecular weight is 265 g/mol.